The van der Waals surface area contributed by atoms with E-state index in [1.807, 2.05) is 24.3 Å². The van der Waals surface area contributed by atoms with Crippen molar-refractivity contribution in [2.24, 2.45) is 5.92 Å². The van der Waals surface area contributed by atoms with Crippen LogP contribution in [0.2, 0.25) is 0 Å². The molecule has 1 amide bonds. The summed E-state index contributed by atoms with van der Waals surface area (Å²) in [5, 5.41) is 6.26. The molecule has 2 N–H and O–H groups in total. The van der Waals surface area contributed by atoms with Crippen LogP contribution in [0.4, 0.5) is 0 Å². The number of ketones is 1. The smallest absolute Gasteiger partial charge is 0.220 e. The van der Waals surface area contributed by atoms with Gasteiger partial charge in [-0.25, -0.2) is 0 Å². The summed E-state index contributed by atoms with van der Waals surface area (Å²) >= 11 is 0. The molecule has 0 atom stereocenters. The highest BCUT2D eigenvalue weighted by Gasteiger charge is 2.11. The van der Waals surface area contributed by atoms with E-state index in [1.165, 1.54) is 5.56 Å². The van der Waals surface area contributed by atoms with E-state index in [1.54, 1.807) is 0 Å². The van der Waals surface area contributed by atoms with E-state index >= 15 is 0 Å². The first-order valence-corrected chi connectivity index (χ1v) is 9.86. The molecule has 152 valence electrons. The average Bonchev–Trinajstić information content (AvgIpc) is 2.64. The number of Topliss-reactive ketones (excluding diaryl/α,β-unsaturated/α-hetero) is 1. The lowest BCUT2D eigenvalue weighted by atomic mass is 9.99. The number of rotatable bonds is 10. The topological polar surface area (TPSA) is 61.4 Å². The van der Waals surface area contributed by atoms with Crippen molar-refractivity contribution in [2.75, 3.05) is 39.3 Å². The number of hydrogen-bond acceptors (Lipinski definition) is 4. The van der Waals surface area contributed by atoms with Crippen LogP contribution in [0.15, 0.2) is 24.3 Å². The van der Waals surface area contributed by atoms with Crippen LogP contribution in [0.3, 0.4) is 0 Å². The molecule has 0 aromatic heterocycles. The molecule has 1 aliphatic rings. The lowest BCUT2D eigenvalue weighted by Crippen LogP contribution is -2.44. The first-order valence-electron chi connectivity index (χ1n) is 9.86. The number of piperazine rings is 1. The molecule has 1 aromatic rings. The molecule has 0 radical (unpaired) electrons. The van der Waals surface area contributed by atoms with Crippen LogP contribution < -0.4 is 10.6 Å². The van der Waals surface area contributed by atoms with Crippen LogP contribution in [-0.4, -0.2) is 55.9 Å². The zero-order valence-electron chi connectivity index (χ0n) is 16.6. The zero-order chi connectivity index (χ0) is 18.8. The number of benzene rings is 1. The van der Waals surface area contributed by atoms with E-state index < -0.39 is 0 Å². The first-order chi connectivity index (χ1) is 12.5. The molecule has 0 bridgehead atoms. The maximum Gasteiger partial charge on any atom is 0.220 e. The zero-order valence-corrected chi connectivity index (χ0v) is 17.4. The van der Waals surface area contributed by atoms with Crippen molar-refractivity contribution in [1.29, 1.82) is 0 Å². The van der Waals surface area contributed by atoms with E-state index in [0.29, 0.717) is 18.0 Å². The van der Waals surface area contributed by atoms with Crippen molar-refractivity contribution in [3.8, 4) is 0 Å². The number of hydrogen-bond donors (Lipinski definition) is 2. The minimum Gasteiger partial charge on any atom is -0.356 e. The third-order valence-electron chi connectivity index (χ3n) is 4.68. The SMILES string of the molecule is CC(C)Cc1ccc(C(=O)CCC(=O)NCCCN2CCNCC2)cc1.Cl. The van der Waals surface area contributed by atoms with Gasteiger partial charge in [-0.1, -0.05) is 38.1 Å². The van der Waals surface area contributed by atoms with Crippen LogP contribution in [-0.2, 0) is 11.2 Å². The highest BCUT2D eigenvalue weighted by Crippen LogP contribution is 2.12. The van der Waals surface area contributed by atoms with Crippen LogP contribution >= 0.6 is 12.4 Å². The average molecular weight is 396 g/mol. The lowest BCUT2D eigenvalue weighted by Gasteiger charge is -2.27. The summed E-state index contributed by atoms with van der Waals surface area (Å²) in [6.45, 7) is 10.3. The second-order valence-corrected chi connectivity index (χ2v) is 7.51. The van der Waals surface area contributed by atoms with Gasteiger partial charge in [0.05, 0.1) is 0 Å². The van der Waals surface area contributed by atoms with Crippen LogP contribution in [0.1, 0.15) is 49.0 Å². The monoisotopic (exact) mass is 395 g/mol. The Hall–Kier alpha value is -1.43. The van der Waals surface area contributed by atoms with Gasteiger partial charge in [0, 0.05) is 51.1 Å². The van der Waals surface area contributed by atoms with Gasteiger partial charge in [0.2, 0.25) is 5.91 Å². The summed E-state index contributed by atoms with van der Waals surface area (Å²) in [5.41, 5.74) is 1.95. The molecule has 0 unspecified atom stereocenters. The van der Waals surface area contributed by atoms with E-state index in [2.05, 4.69) is 29.4 Å². The molecule has 1 aliphatic heterocycles. The van der Waals surface area contributed by atoms with Crippen molar-refractivity contribution >= 4 is 24.1 Å². The quantitative estimate of drug-likeness (QED) is 0.472. The minimum atomic E-state index is -0.0323. The highest BCUT2D eigenvalue weighted by molar-refractivity contribution is 5.97. The summed E-state index contributed by atoms with van der Waals surface area (Å²) < 4.78 is 0. The van der Waals surface area contributed by atoms with E-state index in [-0.39, 0.29) is 36.9 Å². The van der Waals surface area contributed by atoms with Gasteiger partial charge in [0.1, 0.15) is 0 Å². The molecule has 0 aliphatic carbocycles. The third-order valence-corrected chi connectivity index (χ3v) is 4.68. The van der Waals surface area contributed by atoms with Gasteiger partial charge >= 0.3 is 0 Å². The van der Waals surface area contributed by atoms with Crippen molar-refractivity contribution in [3.05, 3.63) is 35.4 Å². The van der Waals surface area contributed by atoms with Gasteiger partial charge in [-0.15, -0.1) is 12.4 Å². The van der Waals surface area contributed by atoms with Gasteiger partial charge < -0.3 is 15.5 Å². The molecule has 1 heterocycles. The summed E-state index contributed by atoms with van der Waals surface area (Å²) in [7, 11) is 0. The maximum atomic E-state index is 12.2. The fourth-order valence-electron chi connectivity index (χ4n) is 3.22. The van der Waals surface area contributed by atoms with Crippen LogP contribution in [0.5, 0.6) is 0 Å². The second kappa shape index (κ2) is 12.9. The number of halogens is 1. The Bertz CT molecular complexity index is 569. The second-order valence-electron chi connectivity index (χ2n) is 7.51. The maximum absolute atomic E-state index is 12.2. The predicted molar refractivity (Wildman–Crippen MR) is 113 cm³/mol. The Balaban J connectivity index is 0.00000364. The molecular formula is C21H34ClN3O2. The molecule has 27 heavy (non-hydrogen) atoms. The number of amides is 1. The molecule has 6 heteroatoms. The van der Waals surface area contributed by atoms with Crippen molar-refractivity contribution in [2.45, 2.75) is 39.5 Å². The van der Waals surface area contributed by atoms with Crippen molar-refractivity contribution < 1.29 is 9.59 Å². The van der Waals surface area contributed by atoms with E-state index in [0.717, 1.165) is 45.6 Å². The fraction of sp³-hybridized carbons (Fsp3) is 0.619. The molecule has 0 spiro atoms. The van der Waals surface area contributed by atoms with E-state index in [4.69, 9.17) is 0 Å². The fourth-order valence-corrected chi connectivity index (χ4v) is 3.22. The van der Waals surface area contributed by atoms with Gasteiger partial charge in [0.15, 0.2) is 5.78 Å². The largest absolute Gasteiger partial charge is 0.356 e. The summed E-state index contributed by atoms with van der Waals surface area (Å²) in [6, 6.07) is 7.80. The third kappa shape index (κ3) is 9.36. The van der Waals surface area contributed by atoms with Gasteiger partial charge in [-0.3, -0.25) is 9.59 Å². The Kier molecular flexibility index (Phi) is 11.3. The number of carbonyl (C=O) groups excluding carboxylic acids is 2. The molecule has 2 rings (SSSR count). The van der Waals surface area contributed by atoms with Crippen molar-refractivity contribution in [1.82, 2.24) is 15.5 Å². The summed E-state index contributed by atoms with van der Waals surface area (Å²) in [6.07, 6.45) is 2.51. The molecular weight excluding hydrogens is 362 g/mol. The number of carbonyl (C=O) groups is 2. The highest BCUT2D eigenvalue weighted by atomic mass is 35.5. The lowest BCUT2D eigenvalue weighted by molar-refractivity contribution is -0.121. The molecule has 5 nitrogen and oxygen atoms in total. The van der Waals surface area contributed by atoms with Gasteiger partial charge in [0.25, 0.3) is 0 Å². The Morgan fingerprint density at radius 3 is 2.41 bits per heavy atom. The minimum absolute atomic E-state index is 0. The molecule has 1 aromatic carbocycles. The Morgan fingerprint density at radius 1 is 1.11 bits per heavy atom. The molecule has 1 fully saturated rings. The Labute approximate surface area is 169 Å². The van der Waals surface area contributed by atoms with Gasteiger partial charge in [-0.05, 0) is 30.9 Å². The molecule has 1 saturated heterocycles. The summed E-state index contributed by atoms with van der Waals surface area (Å²) in [4.78, 5) is 26.6. The number of nitrogens with one attached hydrogen (secondary N) is 2. The Morgan fingerprint density at radius 2 is 1.78 bits per heavy atom. The van der Waals surface area contributed by atoms with Crippen molar-refractivity contribution in [3.63, 3.8) is 0 Å². The van der Waals surface area contributed by atoms with Crippen LogP contribution in [0.25, 0.3) is 0 Å². The van der Waals surface area contributed by atoms with Gasteiger partial charge in [-0.2, -0.15) is 0 Å². The normalized spacial score (nSPS) is 14.6. The standard InChI is InChI=1S/C21H33N3O2.ClH/c1-17(2)16-18-4-6-19(7-5-18)20(25)8-9-21(26)23-10-3-13-24-14-11-22-12-15-24;/h4-7,17,22H,3,8-16H2,1-2H3,(H,23,26);1H. The number of nitrogens with zero attached hydrogens (tertiary/aromatic N) is 1. The van der Waals surface area contributed by atoms with Crippen LogP contribution in [0, 0.1) is 5.92 Å². The van der Waals surface area contributed by atoms with E-state index in [9.17, 15) is 9.59 Å². The molecule has 0 saturated carbocycles. The predicted octanol–water partition coefficient (Wildman–Crippen LogP) is 2.68. The first kappa shape index (κ1) is 23.6. The summed E-state index contributed by atoms with van der Waals surface area (Å²) in [5.74, 6) is 0.610.